The number of thiophene rings is 1. The van der Waals surface area contributed by atoms with Crippen molar-refractivity contribution in [2.75, 3.05) is 0 Å². The minimum atomic E-state index is -0.904. The predicted molar refractivity (Wildman–Crippen MR) is 82.2 cm³/mol. The normalized spacial score (nSPS) is 11.3. The Labute approximate surface area is 132 Å². The predicted octanol–water partition coefficient (Wildman–Crippen LogP) is 2.48. The Balaban J connectivity index is 1.90. The van der Waals surface area contributed by atoms with Gasteiger partial charge in [0.05, 0.1) is 23.7 Å². The van der Waals surface area contributed by atoms with Gasteiger partial charge in [0, 0.05) is 4.88 Å². The van der Waals surface area contributed by atoms with Crippen LogP contribution in [0.5, 0.6) is 0 Å². The van der Waals surface area contributed by atoms with Crippen LogP contribution in [0.3, 0.4) is 0 Å². The molecular weight excluding hydrogens is 300 g/mol. The first-order valence-corrected chi connectivity index (χ1v) is 7.49. The maximum absolute atomic E-state index is 12.0. The molecule has 6 heteroatoms. The molecule has 0 bridgehead atoms. The van der Waals surface area contributed by atoms with Crippen LogP contribution in [0, 0.1) is 11.3 Å². The van der Waals surface area contributed by atoms with Gasteiger partial charge in [-0.05, 0) is 36.6 Å². The molecule has 1 aromatic heterocycles. The van der Waals surface area contributed by atoms with Gasteiger partial charge in [-0.1, -0.05) is 12.1 Å². The van der Waals surface area contributed by atoms with Crippen molar-refractivity contribution in [3.05, 3.63) is 57.8 Å². The van der Waals surface area contributed by atoms with Crippen molar-refractivity contribution >= 4 is 23.2 Å². The van der Waals surface area contributed by atoms with Gasteiger partial charge in [0.1, 0.15) is 0 Å². The smallest absolute Gasteiger partial charge is 0.338 e. The Kier molecular flexibility index (Phi) is 5.28. The number of nitrogens with zero attached hydrogens (tertiary/aromatic N) is 1. The fraction of sp³-hybridized carbons (Fsp3) is 0.188. The number of benzene rings is 1. The highest BCUT2D eigenvalue weighted by atomic mass is 32.1. The van der Waals surface area contributed by atoms with Crippen molar-refractivity contribution in [2.24, 2.45) is 0 Å². The molecule has 1 unspecified atom stereocenters. The second-order valence-electron chi connectivity index (χ2n) is 4.54. The summed E-state index contributed by atoms with van der Waals surface area (Å²) in [4.78, 5) is 24.9. The third-order valence-corrected chi connectivity index (χ3v) is 3.77. The van der Waals surface area contributed by atoms with E-state index in [1.807, 2.05) is 23.6 Å². The Morgan fingerprint density at radius 1 is 1.36 bits per heavy atom. The lowest BCUT2D eigenvalue weighted by Crippen LogP contribution is -2.35. The third-order valence-electron chi connectivity index (χ3n) is 2.90. The molecule has 0 fully saturated rings. The lowest BCUT2D eigenvalue weighted by Gasteiger charge is -2.13. The molecule has 0 saturated carbocycles. The maximum atomic E-state index is 12.0. The van der Waals surface area contributed by atoms with E-state index in [2.05, 4.69) is 5.32 Å². The van der Waals surface area contributed by atoms with E-state index in [1.54, 1.807) is 18.2 Å². The summed E-state index contributed by atoms with van der Waals surface area (Å²) in [7, 11) is 0. The van der Waals surface area contributed by atoms with Crippen molar-refractivity contribution < 1.29 is 14.3 Å². The Bertz CT molecular complexity index is 704. The van der Waals surface area contributed by atoms with Gasteiger partial charge < -0.3 is 10.1 Å². The third kappa shape index (κ3) is 4.17. The van der Waals surface area contributed by atoms with E-state index in [9.17, 15) is 9.59 Å². The van der Waals surface area contributed by atoms with Crippen LogP contribution in [-0.2, 0) is 16.1 Å². The molecule has 1 heterocycles. The van der Waals surface area contributed by atoms with Crippen molar-refractivity contribution in [3.63, 3.8) is 0 Å². The molecule has 0 aliphatic heterocycles. The van der Waals surface area contributed by atoms with Gasteiger partial charge in [-0.15, -0.1) is 11.3 Å². The molecule has 1 aromatic carbocycles. The van der Waals surface area contributed by atoms with Gasteiger partial charge in [-0.25, -0.2) is 4.79 Å². The zero-order valence-electron chi connectivity index (χ0n) is 11.9. The van der Waals surface area contributed by atoms with Crippen LogP contribution in [0.1, 0.15) is 27.7 Å². The van der Waals surface area contributed by atoms with Gasteiger partial charge in [-0.3, -0.25) is 4.79 Å². The van der Waals surface area contributed by atoms with E-state index in [4.69, 9.17) is 10.00 Å². The van der Waals surface area contributed by atoms with Gasteiger partial charge in [0.2, 0.25) is 0 Å². The first-order valence-electron chi connectivity index (χ1n) is 6.61. The summed E-state index contributed by atoms with van der Waals surface area (Å²) in [6, 6.07) is 11.9. The molecule has 0 aliphatic rings. The van der Waals surface area contributed by atoms with E-state index < -0.39 is 12.1 Å². The molecule has 2 aromatic rings. The lowest BCUT2D eigenvalue weighted by atomic mass is 10.1. The fourth-order valence-corrected chi connectivity index (χ4v) is 2.37. The van der Waals surface area contributed by atoms with Crippen LogP contribution in [0.4, 0.5) is 0 Å². The van der Waals surface area contributed by atoms with Crippen LogP contribution < -0.4 is 5.32 Å². The quantitative estimate of drug-likeness (QED) is 0.860. The van der Waals surface area contributed by atoms with Crippen LogP contribution in [0.25, 0.3) is 0 Å². The molecule has 112 valence electrons. The Morgan fingerprint density at radius 3 is 2.86 bits per heavy atom. The number of rotatable bonds is 5. The Morgan fingerprint density at radius 2 is 2.18 bits per heavy atom. The van der Waals surface area contributed by atoms with Gasteiger partial charge in [0.25, 0.3) is 5.91 Å². The summed E-state index contributed by atoms with van der Waals surface area (Å²) in [5.74, 6) is -0.992. The number of nitriles is 1. The molecule has 1 N–H and O–H groups in total. The van der Waals surface area contributed by atoms with Crippen LogP contribution in [-0.4, -0.2) is 18.0 Å². The van der Waals surface area contributed by atoms with E-state index >= 15 is 0 Å². The summed E-state index contributed by atoms with van der Waals surface area (Å²) in [5.41, 5.74) is 0.612. The molecule has 0 saturated heterocycles. The molecule has 5 nitrogen and oxygen atoms in total. The maximum Gasteiger partial charge on any atom is 0.338 e. The molecule has 0 radical (unpaired) electrons. The monoisotopic (exact) mass is 314 g/mol. The summed E-state index contributed by atoms with van der Waals surface area (Å²) < 4.78 is 5.11. The first kappa shape index (κ1) is 15.7. The number of nitrogens with one attached hydrogen (secondary N) is 1. The molecule has 2 rings (SSSR count). The summed E-state index contributed by atoms with van der Waals surface area (Å²) >= 11 is 1.54. The van der Waals surface area contributed by atoms with E-state index in [-0.39, 0.29) is 11.5 Å². The SMILES string of the molecule is CC(OC(=O)c1cccc(C#N)c1)C(=O)NCc1cccs1. The highest BCUT2D eigenvalue weighted by Crippen LogP contribution is 2.09. The molecule has 0 spiro atoms. The number of hydrogen-bond acceptors (Lipinski definition) is 5. The van der Waals surface area contributed by atoms with Crippen molar-refractivity contribution in [1.82, 2.24) is 5.32 Å². The average Bonchev–Trinajstić information content (AvgIpc) is 3.05. The minimum absolute atomic E-state index is 0.247. The summed E-state index contributed by atoms with van der Waals surface area (Å²) in [6.45, 7) is 1.91. The number of esters is 1. The molecule has 1 amide bonds. The number of ether oxygens (including phenoxy) is 1. The van der Waals surface area contributed by atoms with Gasteiger partial charge >= 0.3 is 5.97 Å². The zero-order chi connectivity index (χ0) is 15.9. The highest BCUT2D eigenvalue weighted by Gasteiger charge is 2.18. The van der Waals surface area contributed by atoms with E-state index in [0.29, 0.717) is 12.1 Å². The zero-order valence-corrected chi connectivity index (χ0v) is 12.7. The number of carbonyl (C=O) groups excluding carboxylic acids is 2. The van der Waals surface area contributed by atoms with Gasteiger partial charge in [-0.2, -0.15) is 5.26 Å². The topological polar surface area (TPSA) is 79.2 Å². The molecule has 1 atom stereocenters. The molecule has 22 heavy (non-hydrogen) atoms. The van der Waals surface area contributed by atoms with Gasteiger partial charge in [0.15, 0.2) is 6.10 Å². The Hall–Kier alpha value is -2.65. The van der Waals surface area contributed by atoms with Crippen molar-refractivity contribution in [2.45, 2.75) is 19.6 Å². The standard InChI is InChI=1S/C16H14N2O3S/c1-11(15(19)18-10-14-6-3-7-22-14)21-16(20)13-5-2-4-12(8-13)9-17/h2-8,11H,10H2,1H3,(H,18,19). The van der Waals surface area contributed by atoms with Crippen molar-refractivity contribution in [1.29, 1.82) is 5.26 Å². The van der Waals surface area contributed by atoms with E-state index in [1.165, 1.54) is 24.3 Å². The molecular formula is C16H14N2O3S. The highest BCUT2D eigenvalue weighted by molar-refractivity contribution is 7.09. The number of carbonyl (C=O) groups is 2. The lowest BCUT2D eigenvalue weighted by molar-refractivity contribution is -0.129. The average molecular weight is 314 g/mol. The van der Waals surface area contributed by atoms with Crippen LogP contribution in [0.15, 0.2) is 41.8 Å². The first-order chi connectivity index (χ1) is 10.6. The summed E-state index contributed by atoms with van der Waals surface area (Å²) in [5, 5.41) is 13.4. The van der Waals surface area contributed by atoms with Crippen LogP contribution >= 0.6 is 11.3 Å². The van der Waals surface area contributed by atoms with Crippen molar-refractivity contribution in [3.8, 4) is 6.07 Å². The molecule has 0 aliphatic carbocycles. The second kappa shape index (κ2) is 7.38. The minimum Gasteiger partial charge on any atom is -0.449 e. The number of amides is 1. The van der Waals surface area contributed by atoms with E-state index in [0.717, 1.165) is 4.88 Å². The second-order valence-corrected chi connectivity index (χ2v) is 5.57. The fourth-order valence-electron chi connectivity index (χ4n) is 1.73. The number of hydrogen-bond donors (Lipinski definition) is 1. The summed E-state index contributed by atoms with van der Waals surface area (Å²) in [6.07, 6.45) is -0.904. The van der Waals surface area contributed by atoms with Crippen LogP contribution in [0.2, 0.25) is 0 Å². The largest absolute Gasteiger partial charge is 0.449 e.